The van der Waals surface area contributed by atoms with Crippen molar-refractivity contribution in [2.45, 2.75) is 33.1 Å². The van der Waals surface area contributed by atoms with Crippen LogP contribution < -0.4 is 15.1 Å². The third-order valence-corrected chi connectivity index (χ3v) is 4.70. The van der Waals surface area contributed by atoms with Gasteiger partial charge in [-0.05, 0) is 43.0 Å². The molecule has 2 amide bonds. The van der Waals surface area contributed by atoms with Gasteiger partial charge in [-0.2, -0.15) is 0 Å². The average molecular weight is 343 g/mol. The number of anilines is 2. The third-order valence-electron chi connectivity index (χ3n) is 4.70. The molecule has 1 saturated heterocycles. The highest BCUT2D eigenvalue weighted by molar-refractivity contribution is 5.92. The maximum atomic E-state index is 12.0. The van der Waals surface area contributed by atoms with Gasteiger partial charge in [0.25, 0.3) is 0 Å². The van der Waals surface area contributed by atoms with Crippen molar-refractivity contribution in [3.05, 3.63) is 36.9 Å². The van der Waals surface area contributed by atoms with Crippen LogP contribution in [0.15, 0.2) is 36.9 Å². The second-order valence-corrected chi connectivity index (χ2v) is 6.70. The van der Waals surface area contributed by atoms with Crippen molar-refractivity contribution in [3.8, 4) is 0 Å². The first-order valence-electron chi connectivity index (χ1n) is 9.02. The predicted molar refractivity (Wildman–Crippen MR) is 103 cm³/mol. The molecule has 1 aromatic carbocycles. The molecule has 2 rings (SSSR count). The monoisotopic (exact) mass is 343 g/mol. The Hall–Kier alpha value is -2.30. The van der Waals surface area contributed by atoms with E-state index < -0.39 is 0 Å². The Morgan fingerprint density at radius 3 is 2.48 bits per heavy atom. The minimum atomic E-state index is -0.0785. The highest BCUT2D eigenvalue weighted by Crippen LogP contribution is 2.25. The van der Waals surface area contributed by atoms with Crippen LogP contribution in [-0.2, 0) is 9.59 Å². The molecule has 25 heavy (non-hydrogen) atoms. The fourth-order valence-electron chi connectivity index (χ4n) is 3.07. The topological polar surface area (TPSA) is 52.7 Å². The molecule has 0 radical (unpaired) electrons. The fraction of sp³-hybridized carbons (Fsp3) is 0.500. The minimum Gasteiger partial charge on any atom is -0.372 e. The summed E-state index contributed by atoms with van der Waals surface area (Å²) in [4.78, 5) is 27.7. The van der Waals surface area contributed by atoms with Gasteiger partial charge in [-0.1, -0.05) is 13.0 Å². The number of rotatable bonds is 7. The summed E-state index contributed by atoms with van der Waals surface area (Å²) >= 11 is 0. The molecule has 0 aliphatic carbocycles. The highest BCUT2D eigenvalue weighted by Gasteiger charge is 2.17. The second-order valence-electron chi connectivity index (χ2n) is 6.70. The molecule has 0 unspecified atom stereocenters. The smallest absolute Gasteiger partial charge is 0.223 e. The van der Waals surface area contributed by atoms with Gasteiger partial charge in [0.2, 0.25) is 11.8 Å². The molecule has 1 fully saturated rings. The standard InChI is InChI=1S/C20H29N3O2/c1-4-12-21-20(25)11-15-23(17(3)24)19-7-5-18(6-8-19)22-13-9-16(2)10-14-22/h4-8,16H,1,9-15H2,2-3H3,(H,21,25). The van der Waals surface area contributed by atoms with Crippen molar-refractivity contribution in [1.82, 2.24) is 5.32 Å². The molecule has 1 aromatic rings. The van der Waals surface area contributed by atoms with Crippen molar-refractivity contribution in [2.75, 3.05) is 36.0 Å². The lowest BCUT2D eigenvalue weighted by Gasteiger charge is -2.32. The molecule has 1 aliphatic heterocycles. The summed E-state index contributed by atoms with van der Waals surface area (Å²) in [5.41, 5.74) is 2.03. The zero-order valence-corrected chi connectivity index (χ0v) is 15.3. The third kappa shape index (κ3) is 5.62. The summed E-state index contributed by atoms with van der Waals surface area (Å²) in [6.07, 6.45) is 4.36. The zero-order chi connectivity index (χ0) is 18.2. The van der Waals surface area contributed by atoms with Gasteiger partial charge in [-0.3, -0.25) is 9.59 Å². The van der Waals surface area contributed by atoms with Gasteiger partial charge >= 0.3 is 0 Å². The van der Waals surface area contributed by atoms with Crippen molar-refractivity contribution in [3.63, 3.8) is 0 Å². The average Bonchev–Trinajstić information content (AvgIpc) is 2.61. The van der Waals surface area contributed by atoms with Crippen LogP contribution in [0.1, 0.15) is 33.1 Å². The summed E-state index contributed by atoms with van der Waals surface area (Å²) in [5, 5.41) is 2.73. The predicted octanol–water partition coefficient (Wildman–Crippen LogP) is 2.97. The summed E-state index contributed by atoms with van der Waals surface area (Å²) in [5.74, 6) is 0.664. The largest absolute Gasteiger partial charge is 0.372 e. The Morgan fingerprint density at radius 1 is 1.28 bits per heavy atom. The number of carbonyl (C=O) groups excluding carboxylic acids is 2. The molecule has 5 heteroatoms. The fourth-order valence-corrected chi connectivity index (χ4v) is 3.07. The number of nitrogens with one attached hydrogen (secondary N) is 1. The van der Waals surface area contributed by atoms with E-state index in [2.05, 4.69) is 35.9 Å². The lowest BCUT2D eigenvalue weighted by Crippen LogP contribution is -2.34. The molecule has 136 valence electrons. The summed E-state index contributed by atoms with van der Waals surface area (Å²) in [6.45, 7) is 10.4. The van der Waals surface area contributed by atoms with E-state index in [9.17, 15) is 9.59 Å². The number of hydrogen-bond donors (Lipinski definition) is 1. The molecule has 0 bridgehead atoms. The normalized spacial score (nSPS) is 14.9. The number of carbonyl (C=O) groups is 2. The Labute approximate surface area is 150 Å². The van der Waals surface area contributed by atoms with Crippen molar-refractivity contribution in [1.29, 1.82) is 0 Å². The van der Waals surface area contributed by atoms with Crippen LogP contribution in [0, 0.1) is 5.92 Å². The van der Waals surface area contributed by atoms with Gasteiger partial charge < -0.3 is 15.1 Å². The van der Waals surface area contributed by atoms with E-state index >= 15 is 0 Å². The van der Waals surface area contributed by atoms with Crippen molar-refractivity contribution in [2.24, 2.45) is 5.92 Å². The molecule has 0 saturated carbocycles. The maximum absolute atomic E-state index is 12.0. The van der Waals surface area contributed by atoms with E-state index in [4.69, 9.17) is 0 Å². The van der Waals surface area contributed by atoms with Crippen molar-refractivity contribution < 1.29 is 9.59 Å². The zero-order valence-electron chi connectivity index (χ0n) is 15.3. The molecule has 0 atom stereocenters. The van der Waals surface area contributed by atoms with E-state index in [1.54, 1.807) is 11.0 Å². The van der Waals surface area contributed by atoms with Crippen LogP contribution >= 0.6 is 0 Å². The van der Waals surface area contributed by atoms with Gasteiger partial charge in [0.05, 0.1) is 0 Å². The van der Waals surface area contributed by atoms with Crippen LogP contribution in [0.3, 0.4) is 0 Å². The number of hydrogen-bond acceptors (Lipinski definition) is 3. The van der Waals surface area contributed by atoms with Gasteiger partial charge in [0.15, 0.2) is 0 Å². The van der Waals surface area contributed by atoms with Crippen molar-refractivity contribution >= 4 is 23.2 Å². The van der Waals surface area contributed by atoms with Crippen LogP contribution in [0.4, 0.5) is 11.4 Å². The van der Waals surface area contributed by atoms with Crippen LogP contribution in [0.25, 0.3) is 0 Å². The Balaban J connectivity index is 1.97. The quantitative estimate of drug-likeness (QED) is 0.775. The number of piperidine rings is 1. The number of amides is 2. The molecule has 1 N–H and O–H groups in total. The second kappa shape index (κ2) is 9.25. The molecule has 1 heterocycles. The van der Waals surface area contributed by atoms with Gasteiger partial charge in [-0.15, -0.1) is 6.58 Å². The molecule has 1 aliphatic rings. The van der Waals surface area contributed by atoms with E-state index in [-0.39, 0.29) is 18.2 Å². The maximum Gasteiger partial charge on any atom is 0.223 e. The first-order chi connectivity index (χ1) is 12.0. The first kappa shape index (κ1) is 19.0. The molecular weight excluding hydrogens is 314 g/mol. The molecule has 0 spiro atoms. The minimum absolute atomic E-state index is 0.0592. The lowest BCUT2D eigenvalue weighted by atomic mass is 9.99. The summed E-state index contributed by atoms with van der Waals surface area (Å²) in [7, 11) is 0. The number of nitrogens with zero attached hydrogens (tertiary/aromatic N) is 2. The Bertz CT molecular complexity index is 589. The van der Waals surface area contributed by atoms with Crippen LogP contribution in [-0.4, -0.2) is 38.0 Å². The molecule has 5 nitrogen and oxygen atoms in total. The SMILES string of the molecule is C=CCNC(=O)CCN(C(C)=O)c1ccc(N2CCC(C)CC2)cc1. The van der Waals surface area contributed by atoms with Gasteiger partial charge in [0.1, 0.15) is 0 Å². The highest BCUT2D eigenvalue weighted by atomic mass is 16.2. The van der Waals surface area contributed by atoms with E-state index in [1.165, 1.54) is 25.5 Å². The van der Waals surface area contributed by atoms with E-state index in [0.717, 1.165) is 24.7 Å². The first-order valence-corrected chi connectivity index (χ1v) is 9.02. The van der Waals surface area contributed by atoms with Gasteiger partial charge in [0, 0.05) is 50.9 Å². The Morgan fingerprint density at radius 2 is 1.92 bits per heavy atom. The molecular formula is C20H29N3O2. The number of benzene rings is 1. The lowest BCUT2D eigenvalue weighted by molar-refractivity contribution is -0.120. The Kier molecular flexibility index (Phi) is 7.04. The summed E-state index contributed by atoms with van der Waals surface area (Å²) in [6, 6.07) is 8.07. The van der Waals surface area contributed by atoms with E-state index in [0.29, 0.717) is 13.1 Å². The van der Waals surface area contributed by atoms with Crippen LogP contribution in [0.2, 0.25) is 0 Å². The van der Waals surface area contributed by atoms with Gasteiger partial charge in [-0.25, -0.2) is 0 Å². The molecule has 0 aromatic heterocycles. The van der Waals surface area contributed by atoms with E-state index in [1.807, 2.05) is 12.1 Å². The summed E-state index contributed by atoms with van der Waals surface area (Å²) < 4.78 is 0. The van der Waals surface area contributed by atoms with Crippen LogP contribution in [0.5, 0.6) is 0 Å².